The Hall–Kier alpha value is -1.77. The highest BCUT2D eigenvalue weighted by Crippen LogP contribution is 2.24. The molecule has 1 saturated heterocycles. The molecule has 2 nitrogen and oxygen atoms in total. The van der Waals surface area contributed by atoms with Crippen LogP contribution in [0.3, 0.4) is 0 Å². The first-order valence-electron chi connectivity index (χ1n) is 8.29. The van der Waals surface area contributed by atoms with Crippen LogP contribution in [0.25, 0.3) is 10.9 Å². The molecular weight excluding hydrogens is 304 g/mol. The molecule has 0 unspecified atom stereocenters. The summed E-state index contributed by atoms with van der Waals surface area (Å²) in [4.78, 5) is 5.82. The van der Waals surface area contributed by atoms with Gasteiger partial charge in [-0.25, -0.2) is 0 Å². The van der Waals surface area contributed by atoms with E-state index < -0.39 is 0 Å². The molecule has 3 heteroatoms. The summed E-state index contributed by atoms with van der Waals surface area (Å²) in [5.74, 6) is 0.763. The van der Waals surface area contributed by atoms with E-state index in [0.717, 1.165) is 17.5 Å². The lowest BCUT2D eigenvalue weighted by Gasteiger charge is -2.16. The number of H-pyrrole nitrogens is 1. The SMILES string of the molecule is Clc1ccc(CN2CC[C@@H](Cc3ccc4[nH]ccc4c3)C2)cc1. The number of hydrogen-bond donors (Lipinski definition) is 1. The van der Waals surface area contributed by atoms with Gasteiger partial charge in [-0.05, 0) is 72.1 Å². The first kappa shape index (κ1) is 14.8. The number of nitrogens with one attached hydrogen (secondary N) is 1. The first-order valence-corrected chi connectivity index (χ1v) is 8.67. The molecule has 1 aliphatic heterocycles. The van der Waals surface area contributed by atoms with Gasteiger partial charge in [-0.3, -0.25) is 4.90 Å². The molecule has 23 heavy (non-hydrogen) atoms. The van der Waals surface area contributed by atoms with E-state index in [9.17, 15) is 0 Å². The van der Waals surface area contributed by atoms with E-state index in [2.05, 4.69) is 46.3 Å². The fraction of sp³-hybridized carbons (Fsp3) is 0.300. The van der Waals surface area contributed by atoms with Gasteiger partial charge >= 0.3 is 0 Å². The maximum absolute atomic E-state index is 5.96. The molecule has 0 amide bonds. The van der Waals surface area contributed by atoms with Gasteiger partial charge in [-0.15, -0.1) is 0 Å². The molecular formula is C20H21ClN2. The largest absolute Gasteiger partial charge is 0.361 e. The number of hydrogen-bond acceptors (Lipinski definition) is 1. The zero-order valence-electron chi connectivity index (χ0n) is 13.1. The highest BCUT2D eigenvalue weighted by molar-refractivity contribution is 6.30. The summed E-state index contributed by atoms with van der Waals surface area (Å²) in [6.45, 7) is 3.41. The van der Waals surface area contributed by atoms with Crippen LogP contribution in [0.4, 0.5) is 0 Å². The van der Waals surface area contributed by atoms with Crippen LogP contribution in [0.5, 0.6) is 0 Å². The highest BCUT2D eigenvalue weighted by Gasteiger charge is 2.22. The lowest BCUT2D eigenvalue weighted by molar-refractivity contribution is 0.316. The number of halogens is 1. The quantitative estimate of drug-likeness (QED) is 0.724. The summed E-state index contributed by atoms with van der Waals surface area (Å²) in [5, 5.41) is 2.13. The molecule has 118 valence electrons. The number of rotatable bonds is 4. The Kier molecular flexibility index (Phi) is 4.11. The Bertz CT molecular complexity index is 791. The normalized spacial score (nSPS) is 18.7. The van der Waals surface area contributed by atoms with Crippen LogP contribution in [0.15, 0.2) is 54.7 Å². The number of aromatic amines is 1. The smallest absolute Gasteiger partial charge is 0.0454 e. The van der Waals surface area contributed by atoms with Crippen LogP contribution in [-0.4, -0.2) is 23.0 Å². The third-order valence-electron chi connectivity index (χ3n) is 4.83. The fourth-order valence-corrected chi connectivity index (χ4v) is 3.76. The van der Waals surface area contributed by atoms with Gasteiger partial charge < -0.3 is 4.98 Å². The summed E-state index contributed by atoms with van der Waals surface area (Å²) in [7, 11) is 0. The number of fused-ring (bicyclic) bond motifs is 1. The standard InChI is InChI=1S/C20H21ClN2/c21-19-4-1-15(2-5-19)13-23-10-8-17(14-23)11-16-3-6-20-18(12-16)7-9-22-20/h1-7,9,12,17,22H,8,10-11,13-14H2/t17-/m0/s1. The monoisotopic (exact) mass is 324 g/mol. The molecule has 2 aromatic carbocycles. The van der Waals surface area contributed by atoms with Gasteiger partial charge in [-0.1, -0.05) is 29.8 Å². The van der Waals surface area contributed by atoms with Crippen molar-refractivity contribution in [2.24, 2.45) is 5.92 Å². The Morgan fingerprint density at radius 1 is 1.04 bits per heavy atom. The van der Waals surface area contributed by atoms with Gasteiger partial charge in [0.1, 0.15) is 0 Å². The predicted molar refractivity (Wildman–Crippen MR) is 96.8 cm³/mol. The minimum atomic E-state index is 0.763. The highest BCUT2D eigenvalue weighted by atomic mass is 35.5. The van der Waals surface area contributed by atoms with Gasteiger partial charge in [0, 0.05) is 29.8 Å². The number of likely N-dealkylation sites (tertiary alicyclic amines) is 1. The van der Waals surface area contributed by atoms with Crippen LogP contribution in [0.1, 0.15) is 17.5 Å². The third-order valence-corrected chi connectivity index (χ3v) is 5.08. The van der Waals surface area contributed by atoms with Crippen molar-refractivity contribution in [1.29, 1.82) is 0 Å². The van der Waals surface area contributed by atoms with Crippen LogP contribution >= 0.6 is 11.6 Å². The van der Waals surface area contributed by atoms with Crippen molar-refractivity contribution < 1.29 is 0 Å². The Balaban J connectivity index is 1.37. The number of benzene rings is 2. The average molecular weight is 325 g/mol. The fourth-order valence-electron chi connectivity index (χ4n) is 3.63. The van der Waals surface area contributed by atoms with Gasteiger partial charge in [0.25, 0.3) is 0 Å². The van der Waals surface area contributed by atoms with Crippen molar-refractivity contribution >= 4 is 22.5 Å². The zero-order valence-corrected chi connectivity index (χ0v) is 13.9. The van der Waals surface area contributed by atoms with Crippen molar-refractivity contribution in [1.82, 2.24) is 9.88 Å². The molecule has 1 N–H and O–H groups in total. The summed E-state index contributed by atoms with van der Waals surface area (Å²) in [6, 6.07) is 17.2. The molecule has 0 saturated carbocycles. The number of aromatic nitrogens is 1. The zero-order chi connectivity index (χ0) is 15.6. The Labute approximate surface area is 142 Å². The van der Waals surface area contributed by atoms with E-state index in [0.29, 0.717) is 0 Å². The van der Waals surface area contributed by atoms with Crippen LogP contribution in [0.2, 0.25) is 5.02 Å². The van der Waals surface area contributed by atoms with E-state index in [1.54, 1.807) is 0 Å². The molecule has 0 aliphatic carbocycles. The van der Waals surface area contributed by atoms with Crippen molar-refractivity contribution in [3.05, 3.63) is 70.9 Å². The molecule has 1 aromatic heterocycles. The molecule has 0 bridgehead atoms. The molecule has 3 aromatic rings. The lowest BCUT2D eigenvalue weighted by atomic mass is 9.98. The molecule has 0 spiro atoms. The molecule has 1 fully saturated rings. The summed E-state index contributed by atoms with van der Waals surface area (Å²) < 4.78 is 0. The van der Waals surface area contributed by atoms with E-state index >= 15 is 0 Å². The molecule has 1 atom stereocenters. The van der Waals surface area contributed by atoms with Gasteiger partial charge in [0.15, 0.2) is 0 Å². The van der Waals surface area contributed by atoms with Crippen molar-refractivity contribution in [2.75, 3.05) is 13.1 Å². The van der Waals surface area contributed by atoms with Gasteiger partial charge in [-0.2, -0.15) is 0 Å². The van der Waals surface area contributed by atoms with E-state index in [1.807, 2.05) is 18.3 Å². The van der Waals surface area contributed by atoms with E-state index in [4.69, 9.17) is 11.6 Å². The number of nitrogens with zero attached hydrogens (tertiary/aromatic N) is 1. The second-order valence-corrected chi connectivity index (χ2v) is 7.06. The second-order valence-electron chi connectivity index (χ2n) is 6.62. The van der Waals surface area contributed by atoms with Crippen molar-refractivity contribution in [2.45, 2.75) is 19.4 Å². The lowest BCUT2D eigenvalue weighted by Crippen LogP contribution is -2.20. The molecule has 4 rings (SSSR count). The minimum absolute atomic E-state index is 0.763. The first-order chi connectivity index (χ1) is 11.3. The topological polar surface area (TPSA) is 19.0 Å². The summed E-state index contributed by atoms with van der Waals surface area (Å²) >= 11 is 5.96. The van der Waals surface area contributed by atoms with Gasteiger partial charge in [0.2, 0.25) is 0 Å². The van der Waals surface area contributed by atoms with Gasteiger partial charge in [0.05, 0.1) is 0 Å². The second kappa shape index (κ2) is 6.38. The average Bonchev–Trinajstić information content (AvgIpc) is 3.18. The molecule has 2 heterocycles. The molecule has 1 aliphatic rings. The maximum Gasteiger partial charge on any atom is 0.0454 e. The third kappa shape index (κ3) is 3.44. The molecule has 0 radical (unpaired) electrons. The predicted octanol–water partition coefficient (Wildman–Crippen LogP) is 4.89. The summed E-state index contributed by atoms with van der Waals surface area (Å²) in [5.41, 5.74) is 4.03. The Morgan fingerprint density at radius 2 is 1.87 bits per heavy atom. The summed E-state index contributed by atoms with van der Waals surface area (Å²) in [6.07, 6.45) is 4.48. The Morgan fingerprint density at radius 3 is 2.74 bits per heavy atom. The van der Waals surface area contributed by atoms with Crippen LogP contribution in [0, 0.1) is 5.92 Å². The van der Waals surface area contributed by atoms with Crippen molar-refractivity contribution in [3.63, 3.8) is 0 Å². The van der Waals surface area contributed by atoms with E-state index in [1.165, 1.54) is 48.0 Å². The van der Waals surface area contributed by atoms with Crippen LogP contribution < -0.4 is 0 Å². The van der Waals surface area contributed by atoms with Crippen molar-refractivity contribution in [3.8, 4) is 0 Å². The maximum atomic E-state index is 5.96. The minimum Gasteiger partial charge on any atom is -0.361 e. The van der Waals surface area contributed by atoms with Crippen LogP contribution in [-0.2, 0) is 13.0 Å². The van der Waals surface area contributed by atoms with E-state index in [-0.39, 0.29) is 0 Å².